The predicted octanol–water partition coefficient (Wildman–Crippen LogP) is 12.2. The summed E-state index contributed by atoms with van der Waals surface area (Å²) in [6, 6.07) is 7.90. The average molecular weight is 678 g/mol. The lowest BCUT2D eigenvalue weighted by Gasteiger charge is -2.54. The fraction of sp³-hybridized carbons (Fsp3) is 1.00. The molecule has 7 saturated carbocycles. The van der Waals surface area contributed by atoms with E-state index in [0.29, 0.717) is 0 Å². The minimum Gasteiger partial charge on any atom is -0.294 e. The maximum Gasteiger partial charge on any atom is 0.0104 e. The lowest BCUT2D eigenvalue weighted by atomic mass is 9.77. The van der Waals surface area contributed by atoms with E-state index in [-0.39, 0.29) is 0 Å². The Balaban J connectivity index is 1.02. The first-order valence-electron chi connectivity index (χ1n) is 23.2. The Labute approximate surface area is 305 Å². The zero-order valence-corrected chi connectivity index (χ0v) is 33.4. The second-order valence-electron chi connectivity index (χ2n) is 20.3. The summed E-state index contributed by atoms with van der Waals surface area (Å²) in [6.07, 6.45) is 43.2. The van der Waals surface area contributed by atoms with Gasteiger partial charge in [-0.2, -0.15) is 0 Å². The SMILES string of the molecule is CC1CCCC(N(C2CCC(N(C3CCCCC3)C3CCC(N(C4CCCC(C)C4)C4CCCC(C)C4)CC3)CC2)C2CCCC(C)C2)C1. The predicted molar refractivity (Wildman–Crippen MR) is 210 cm³/mol. The monoisotopic (exact) mass is 678 g/mol. The molecule has 0 aromatic carbocycles. The Morgan fingerprint density at radius 2 is 0.449 bits per heavy atom. The van der Waals surface area contributed by atoms with Gasteiger partial charge in [0.05, 0.1) is 0 Å². The lowest BCUT2D eigenvalue weighted by Crippen LogP contribution is -2.58. The van der Waals surface area contributed by atoms with Gasteiger partial charge < -0.3 is 0 Å². The summed E-state index contributed by atoms with van der Waals surface area (Å²) in [5.41, 5.74) is 0. The van der Waals surface area contributed by atoms with Crippen LogP contribution >= 0.6 is 0 Å². The molecule has 7 rings (SSSR count). The first kappa shape index (κ1) is 37.2. The molecule has 8 atom stereocenters. The summed E-state index contributed by atoms with van der Waals surface area (Å²) in [4.78, 5) is 9.77. The Morgan fingerprint density at radius 3 is 0.714 bits per heavy atom. The van der Waals surface area contributed by atoms with E-state index < -0.39 is 0 Å². The molecule has 0 amide bonds. The first-order valence-corrected chi connectivity index (χ1v) is 23.2. The molecular weight excluding hydrogens is 595 g/mol. The highest BCUT2D eigenvalue weighted by molar-refractivity contribution is 4.99. The number of hydrogen-bond donors (Lipinski definition) is 0. The molecule has 3 nitrogen and oxygen atoms in total. The third-order valence-corrected chi connectivity index (χ3v) is 16.3. The van der Waals surface area contributed by atoms with E-state index in [4.69, 9.17) is 0 Å². The molecule has 0 aromatic heterocycles. The van der Waals surface area contributed by atoms with Crippen molar-refractivity contribution in [3.63, 3.8) is 0 Å². The highest BCUT2D eigenvalue weighted by atomic mass is 15.3. The lowest BCUT2D eigenvalue weighted by molar-refractivity contribution is -0.0388. The quantitative estimate of drug-likeness (QED) is 0.240. The molecule has 0 aliphatic heterocycles. The second kappa shape index (κ2) is 17.8. The van der Waals surface area contributed by atoms with Crippen molar-refractivity contribution in [1.29, 1.82) is 0 Å². The largest absolute Gasteiger partial charge is 0.294 e. The normalized spacial score (nSPS) is 43.7. The molecule has 8 unspecified atom stereocenters. The smallest absolute Gasteiger partial charge is 0.0104 e. The summed E-state index contributed by atoms with van der Waals surface area (Å²) in [6.45, 7) is 10.2. The zero-order chi connectivity index (χ0) is 33.7. The third-order valence-electron chi connectivity index (χ3n) is 16.3. The van der Waals surface area contributed by atoms with Gasteiger partial charge in [-0.25, -0.2) is 0 Å². The second-order valence-corrected chi connectivity index (χ2v) is 20.3. The van der Waals surface area contributed by atoms with Crippen LogP contribution in [0, 0.1) is 23.7 Å². The minimum absolute atomic E-state index is 0.868. The van der Waals surface area contributed by atoms with Crippen molar-refractivity contribution in [2.45, 2.75) is 268 Å². The van der Waals surface area contributed by atoms with Crippen LogP contribution in [0.3, 0.4) is 0 Å². The van der Waals surface area contributed by atoms with E-state index in [9.17, 15) is 0 Å². The molecule has 282 valence electrons. The molecule has 0 spiro atoms. The van der Waals surface area contributed by atoms with Crippen molar-refractivity contribution in [1.82, 2.24) is 14.7 Å². The summed E-state index contributed by atoms with van der Waals surface area (Å²) in [5.74, 6) is 3.76. The zero-order valence-electron chi connectivity index (χ0n) is 33.4. The molecule has 3 heteroatoms. The maximum absolute atomic E-state index is 3.29. The van der Waals surface area contributed by atoms with Gasteiger partial charge in [0.1, 0.15) is 0 Å². The minimum atomic E-state index is 0.868. The molecule has 49 heavy (non-hydrogen) atoms. The Bertz CT molecular complexity index is 847. The van der Waals surface area contributed by atoms with E-state index in [1.807, 2.05) is 0 Å². The van der Waals surface area contributed by atoms with Crippen LogP contribution in [-0.2, 0) is 0 Å². The van der Waals surface area contributed by atoms with Crippen LogP contribution in [0.15, 0.2) is 0 Å². The van der Waals surface area contributed by atoms with Gasteiger partial charge in [-0.05, 0) is 139 Å². The van der Waals surface area contributed by atoms with Crippen LogP contribution in [0.25, 0.3) is 0 Å². The number of hydrogen-bond acceptors (Lipinski definition) is 3. The van der Waals surface area contributed by atoms with Crippen molar-refractivity contribution in [3.05, 3.63) is 0 Å². The van der Waals surface area contributed by atoms with Crippen LogP contribution in [0.5, 0.6) is 0 Å². The molecule has 7 fully saturated rings. The molecular formula is C46H83N3. The fourth-order valence-electron chi connectivity index (χ4n) is 14.1. The van der Waals surface area contributed by atoms with Crippen molar-refractivity contribution >= 4 is 0 Å². The van der Waals surface area contributed by atoms with Gasteiger partial charge in [0.25, 0.3) is 0 Å². The molecule has 0 heterocycles. The topological polar surface area (TPSA) is 9.72 Å². The summed E-state index contributed by atoms with van der Waals surface area (Å²) < 4.78 is 0. The molecule has 0 bridgehead atoms. The first-order chi connectivity index (χ1) is 23.9. The molecule has 0 N–H and O–H groups in total. The van der Waals surface area contributed by atoms with E-state index in [1.165, 1.54) is 186 Å². The fourth-order valence-corrected chi connectivity index (χ4v) is 14.1. The van der Waals surface area contributed by atoms with E-state index in [2.05, 4.69) is 42.4 Å². The van der Waals surface area contributed by atoms with Crippen LogP contribution in [0.4, 0.5) is 0 Å². The van der Waals surface area contributed by atoms with Gasteiger partial charge in [-0.15, -0.1) is 0 Å². The van der Waals surface area contributed by atoms with Crippen molar-refractivity contribution in [2.75, 3.05) is 0 Å². The van der Waals surface area contributed by atoms with E-state index >= 15 is 0 Å². The van der Waals surface area contributed by atoms with Crippen molar-refractivity contribution in [3.8, 4) is 0 Å². The third kappa shape index (κ3) is 9.34. The van der Waals surface area contributed by atoms with Gasteiger partial charge >= 0.3 is 0 Å². The Morgan fingerprint density at radius 1 is 0.224 bits per heavy atom. The van der Waals surface area contributed by atoms with Gasteiger partial charge in [0, 0.05) is 54.4 Å². The average Bonchev–Trinajstić information content (AvgIpc) is 3.11. The summed E-state index contributed by atoms with van der Waals surface area (Å²) >= 11 is 0. The van der Waals surface area contributed by atoms with E-state index in [0.717, 1.165) is 78.0 Å². The summed E-state index contributed by atoms with van der Waals surface area (Å²) in [5, 5.41) is 0. The molecule has 7 aliphatic rings. The van der Waals surface area contributed by atoms with E-state index in [1.54, 1.807) is 0 Å². The summed E-state index contributed by atoms with van der Waals surface area (Å²) in [7, 11) is 0. The van der Waals surface area contributed by atoms with Gasteiger partial charge in [-0.3, -0.25) is 14.7 Å². The molecule has 7 aliphatic carbocycles. The Hall–Kier alpha value is -0.120. The van der Waals surface area contributed by atoms with Crippen LogP contribution in [0.2, 0.25) is 0 Å². The maximum atomic E-state index is 3.29. The number of rotatable bonds is 9. The van der Waals surface area contributed by atoms with Gasteiger partial charge in [-0.1, -0.05) is 98.3 Å². The molecule has 0 aromatic rings. The van der Waals surface area contributed by atoms with Crippen molar-refractivity contribution < 1.29 is 0 Å². The van der Waals surface area contributed by atoms with Crippen LogP contribution in [0.1, 0.15) is 214 Å². The van der Waals surface area contributed by atoms with Gasteiger partial charge in [0.2, 0.25) is 0 Å². The standard InChI is InChI=1S/C46H83N3/c1-34-12-8-18-43(30-34)48(44-19-9-13-35(2)31-44)41-26-22-39(23-27-41)47(38-16-6-5-7-17-38)40-24-28-42(29-25-40)49(45-20-10-14-36(3)32-45)46-21-11-15-37(4)33-46/h34-46H,5-33H2,1-4H3. The van der Waals surface area contributed by atoms with Crippen LogP contribution in [-0.4, -0.2) is 69.1 Å². The van der Waals surface area contributed by atoms with Gasteiger partial charge in [0.15, 0.2) is 0 Å². The highest BCUT2D eigenvalue weighted by Gasteiger charge is 2.43. The van der Waals surface area contributed by atoms with Crippen LogP contribution < -0.4 is 0 Å². The van der Waals surface area contributed by atoms with Crippen molar-refractivity contribution in [2.24, 2.45) is 23.7 Å². The molecule has 0 saturated heterocycles. The highest BCUT2D eigenvalue weighted by Crippen LogP contribution is 2.44. The number of nitrogens with zero attached hydrogens (tertiary/aromatic N) is 3. The molecule has 0 radical (unpaired) electrons. The Kier molecular flexibility index (Phi) is 13.5.